The van der Waals surface area contributed by atoms with E-state index < -0.39 is 5.82 Å². The number of ether oxygens (including phenoxy) is 1. The molecule has 2 aromatic rings. The van der Waals surface area contributed by atoms with Gasteiger partial charge in [-0.05, 0) is 35.2 Å². The van der Waals surface area contributed by atoms with Gasteiger partial charge in [0, 0.05) is 6.07 Å². The van der Waals surface area contributed by atoms with Gasteiger partial charge >= 0.3 is 0 Å². The fourth-order valence-electron chi connectivity index (χ4n) is 1.84. The lowest BCUT2D eigenvalue weighted by Crippen LogP contribution is -2.11. The molecule has 0 unspecified atom stereocenters. The van der Waals surface area contributed by atoms with Gasteiger partial charge in [0.1, 0.15) is 23.4 Å². The minimum absolute atomic E-state index is 0.0333. The second kappa shape index (κ2) is 5.75. The molecule has 0 aliphatic heterocycles. The van der Waals surface area contributed by atoms with Gasteiger partial charge < -0.3 is 4.74 Å². The first-order chi connectivity index (χ1) is 9.81. The lowest BCUT2D eigenvalue weighted by molar-refractivity contribution is 0.474. The third-order valence-corrected chi connectivity index (χ3v) is 3.39. The first-order valence-corrected chi connectivity index (χ1v) is 6.86. The molecule has 0 amide bonds. The molecular formula is C17H15ClFNO. The van der Waals surface area contributed by atoms with Crippen LogP contribution in [0.4, 0.5) is 4.39 Å². The van der Waals surface area contributed by atoms with E-state index in [-0.39, 0.29) is 10.4 Å². The number of hydrogen-bond donors (Lipinski definition) is 0. The molecule has 0 fully saturated rings. The largest absolute Gasteiger partial charge is 0.456 e. The summed E-state index contributed by atoms with van der Waals surface area (Å²) in [6.07, 6.45) is 0. The summed E-state index contributed by atoms with van der Waals surface area (Å²) in [5.74, 6) is 0.142. The van der Waals surface area contributed by atoms with Gasteiger partial charge in [-0.3, -0.25) is 0 Å². The quantitative estimate of drug-likeness (QED) is 0.740. The second-order valence-corrected chi connectivity index (χ2v) is 6.16. The van der Waals surface area contributed by atoms with E-state index in [2.05, 4.69) is 26.8 Å². The summed E-state index contributed by atoms with van der Waals surface area (Å²) in [6.45, 7) is 6.20. The highest BCUT2D eigenvalue weighted by Gasteiger charge is 2.16. The Labute approximate surface area is 128 Å². The highest BCUT2D eigenvalue weighted by atomic mass is 35.5. The Hall–Kier alpha value is -2.05. The van der Waals surface area contributed by atoms with Crippen LogP contribution >= 0.6 is 11.6 Å². The first-order valence-electron chi connectivity index (χ1n) is 6.49. The van der Waals surface area contributed by atoms with Crippen molar-refractivity contribution in [3.8, 4) is 17.6 Å². The molecule has 0 heterocycles. The fraction of sp³-hybridized carbons (Fsp3) is 0.235. The van der Waals surface area contributed by atoms with Gasteiger partial charge in [0.25, 0.3) is 0 Å². The monoisotopic (exact) mass is 303 g/mol. The Morgan fingerprint density at radius 3 is 2.43 bits per heavy atom. The molecule has 0 atom stereocenters. The van der Waals surface area contributed by atoms with Crippen LogP contribution in [0.5, 0.6) is 11.5 Å². The summed E-state index contributed by atoms with van der Waals surface area (Å²) in [4.78, 5) is 0. The van der Waals surface area contributed by atoms with Crippen LogP contribution in [0.25, 0.3) is 0 Å². The lowest BCUT2D eigenvalue weighted by Gasteiger charge is -2.20. The molecule has 0 bridgehead atoms. The maximum Gasteiger partial charge on any atom is 0.145 e. The van der Waals surface area contributed by atoms with Crippen LogP contribution < -0.4 is 4.74 Å². The van der Waals surface area contributed by atoms with Crippen molar-refractivity contribution in [1.29, 1.82) is 5.26 Å². The maximum absolute atomic E-state index is 13.4. The van der Waals surface area contributed by atoms with E-state index in [0.29, 0.717) is 17.1 Å². The summed E-state index contributed by atoms with van der Waals surface area (Å²) in [6, 6.07) is 11.7. The normalized spacial score (nSPS) is 11.0. The lowest BCUT2D eigenvalue weighted by atomic mass is 9.86. The number of nitrogens with zero attached hydrogens (tertiary/aromatic N) is 1. The number of halogens is 2. The van der Waals surface area contributed by atoms with Crippen molar-refractivity contribution in [2.45, 2.75) is 26.2 Å². The SMILES string of the molecule is CC(C)(C)c1ccc(Oc2ccc(Cl)c(F)c2)c(C#N)c1. The minimum Gasteiger partial charge on any atom is -0.456 e. The molecule has 0 radical (unpaired) electrons. The van der Waals surface area contributed by atoms with E-state index in [9.17, 15) is 9.65 Å². The van der Waals surface area contributed by atoms with Gasteiger partial charge in [-0.2, -0.15) is 5.26 Å². The molecule has 4 heteroatoms. The van der Waals surface area contributed by atoms with E-state index in [1.807, 2.05) is 6.07 Å². The van der Waals surface area contributed by atoms with Crippen molar-refractivity contribution < 1.29 is 9.13 Å². The first kappa shape index (κ1) is 15.3. The van der Waals surface area contributed by atoms with Crippen LogP contribution in [0.1, 0.15) is 31.9 Å². The Balaban J connectivity index is 2.36. The van der Waals surface area contributed by atoms with Crippen molar-refractivity contribution in [1.82, 2.24) is 0 Å². The van der Waals surface area contributed by atoms with E-state index in [0.717, 1.165) is 5.56 Å². The molecule has 0 aliphatic carbocycles. The van der Waals surface area contributed by atoms with E-state index in [1.54, 1.807) is 18.2 Å². The Bertz CT molecular complexity index is 714. The molecule has 0 N–H and O–H groups in total. The zero-order chi connectivity index (χ0) is 15.6. The minimum atomic E-state index is -0.556. The van der Waals surface area contributed by atoms with Crippen LogP contribution in [-0.4, -0.2) is 0 Å². The van der Waals surface area contributed by atoms with E-state index in [1.165, 1.54) is 12.1 Å². The van der Waals surface area contributed by atoms with Gasteiger partial charge in [-0.15, -0.1) is 0 Å². The molecule has 2 rings (SSSR count). The van der Waals surface area contributed by atoms with Crippen molar-refractivity contribution in [3.05, 3.63) is 58.4 Å². The highest BCUT2D eigenvalue weighted by Crippen LogP contribution is 2.31. The molecule has 2 nitrogen and oxygen atoms in total. The summed E-state index contributed by atoms with van der Waals surface area (Å²) in [5.41, 5.74) is 1.39. The van der Waals surface area contributed by atoms with Gasteiger partial charge in [-0.25, -0.2) is 4.39 Å². The summed E-state index contributed by atoms with van der Waals surface area (Å²) in [5, 5.41) is 9.29. The third kappa shape index (κ3) is 3.53. The van der Waals surface area contributed by atoms with Gasteiger partial charge in [-0.1, -0.05) is 38.4 Å². The predicted molar refractivity (Wildman–Crippen MR) is 81.3 cm³/mol. The predicted octanol–water partition coefficient (Wildman–Crippen LogP) is 5.44. The van der Waals surface area contributed by atoms with Crippen LogP contribution in [0.3, 0.4) is 0 Å². The number of benzene rings is 2. The van der Waals surface area contributed by atoms with E-state index in [4.69, 9.17) is 16.3 Å². The summed E-state index contributed by atoms with van der Waals surface area (Å²) < 4.78 is 19.0. The maximum atomic E-state index is 13.4. The average Bonchev–Trinajstić information content (AvgIpc) is 2.42. The second-order valence-electron chi connectivity index (χ2n) is 5.75. The van der Waals surface area contributed by atoms with Gasteiger partial charge in [0.2, 0.25) is 0 Å². The van der Waals surface area contributed by atoms with Gasteiger partial charge in [0.15, 0.2) is 0 Å². The van der Waals surface area contributed by atoms with E-state index >= 15 is 0 Å². The molecule has 0 saturated heterocycles. The molecule has 108 valence electrons. The molecule has 0 aromatic heterocycles. The molecule has 0 aliphatic rings. The van der Waals surface area contributed by atoms with Gasteiger partial charge in [0.05, 0.1) is 10.6 Å². The molecule has 0 spiro atoms. The average molecular weight is 304 g/mol. The highest BCUT2D eigenvalue weighted by molar-refractivity contribution is 6.30. The van der Waals surface area contributed by atoms with Crippen LogP contribution in [0.15, 0.2) is 36.4 Å². The Morgan fingerprint density at radius 1 is 1.14 bits per heavy atom. The number of nitriles is 1. The van der Waals surface area contributed by atoms with Crippen molar-refractivity contribution in [2.24, 2.45) is 0 Å². The van der Waals surface area contributed by atoms with Crippen LogP contribution in [-0.2, 0) is 5.41 Å². The standard InChI is InChI=1S/C17H15ClFNO/c1-17(2,3)12-4-7-16(11(8-12)10-20)21-13-5-6-14(18)15(19)9-13/h4-9H,1-3H3. The topological polar surface area (TPSA) is 33.0 Å². The Morgan fingerprint density at radius 2 is 1.86 bits per heavy atom. The van der Waals surface area contributed by atoms with Crippen molar-refractivity contribution >= 4 is 11.6 Å². The molecule has 0 saturated carbocycles. The molecular weight excluding hydrogens is 289 g/mol. The Kier molecular flexibility index (Phi) is 4.20. The zero-order valence-electron chi connectivity index (χ0n) is 12.1. The van der Waals surface area contributed by atoms with Crippen LogP contribution in [0, 0.1) is 17.1 Å². The summed E-state index contributed by atoms with van der Waals surface area (Å²) >= 11 is 5.63. The van der Waals surface area contributed by atoms with Crippen LogP contribution in [0.2, 0.25) is 5.02 Å². The summed E-state index contributed by atoms with van der Waals surface area (Å²) in [7, 11) is 0. The van der Waals surface area contributed by atoms with Crippen molar-refractivity contribution in [2.75, 3.05) is 0 Å². The third-order valence-electron chi connectivity index (χ3n) is 3.08. The fourth-order valence-corrected chi connectivity index (χ4v) is 1.96. The number of rotatable bonds is 2. The molecule has 2 aromatic carbocycles. The smallest absolute Gasteiger partial charge is 0.145 e. The zero-order valence-corrected chi connectivity index (χ0v) is 12.8. The number of hydrogen-bond acceptors (Lipinski definition) is 2. The van der Waals surface area contributed by atoms with Crippen molar-refractivity contribution in [3.63, 3.8) is 0 Å². The molecule has 21 heavy (non-hydrogen) atoms.